The molecule has 1 N–H and O–H groups in total. The third-order valence-corrected chi connectivity index (χ3v) is 6.90. The molecule has 124 valence electrons. The van der Waals surface area contributed by atoms with Crippen molar-refractivity contribution in [3.05, 3.63) is 0 Å². The molecule has 2 saturated heterocycles. The summed E-state index contributed by atoms with van der Waals surface area (Å²) in [5, 5.41) is 3.35. The van der Waals surface area contributed by atoms with Gasteiger partial charge in [0.15, 0.2) is 0 Å². The van der Waals surface area contributed by atoms with E-state index in [1.807, 2.05) is 0 Å². The average molecular weight is 317 g/mol. The average Bonchev–Trinajstić information content (AvgIpc) is 2.45. The first-order chi connectivity index (χ1) is 9.85. The fraction of sp³-hybridized carbons (Fsp3) is 1.00. The van der Waals surface area contributed by atoms with E-state index in [-0.39, 0.29) is 5.41 Å². The number of nitrogens with zero attached hydrogens (tertiary/aromatic N) is 2. The molecule has 2 rings (SSSR count). The van der Waals surface area contributed by atoms with Crippen molar-refractivity contribution in [1.82, 2.24) is 13.9 Å². The Morgan fingerprint density at radius 3 is 2.43 bits per heavy atom. The van der Waals surface area contributed by atoms with E-state index < -0.39 is 10.2 Å². The predicted molar refractivity (Wildman–Crippen MR) is 86.3 cm³/mol. The molecular formula is C15H31N3O2S. The molecule has 0 saturated carbocycles. The molecule has 2 aliphatic heterocycles. The zero-order chi connectivity index (χ0) is 15.5. The fourth-order valence-electron chi connectivity index (χ4n) is 3.24. The van der Waals surface area contributed by atoms with Crippen LogP contribution in [0.3, 0.4) is 0 Å². The lowest BCUT2D eigenvalue weighted by atomic mass is 9.83. The van der Waals surface area contributed by atoms with Crippen LogP contribution in [-0.2, 0) is 10.2 Å². The van der Waals surface area contributed by atoms with Gasteiger partial charge in [-0.1, -0.05) is 20.8 Å². The van der Waals surface area contributed by atoms with Gasteiger partial charge in [-0.05, 0) is 50.1 Å². The quantitative estimate of drug-likeness (QED) is 0.839. The van der Waals surface area contributed by atoms with Gasteiger partial charge in [-0.25, -0.2) is 0 Å². The summed E-state index contributed by atoms with van der Waals surface area (Å²) in [5.74, 6) is 0.453. The monoisotopic (exact) mass is 317 g/mol. The first-order valence-corrected chi connectivity index (χ1v) is 9.71. The molecule has 2 fully saturated rings. The molecule has 21 heavy (non-hydrogen) atoms. The summed E-state index contributed by atoms with van der Waals surface area (Å²) >= 11 is 0. The van der Waals surface area contributed by atoms with Gasteiger partial charge in [0.1, 0.15) is 0 Å². The molecule has 0 aromatic heterocycles. The van der Waals surface area contributed by atoms with Gasteiger partial charge >= 0.3 is 0 Å². The lowest BCUT2D eigenvalue weighted by Gasteiger charge is -2.40. The van der Waals surface area contributed by atoms with Gasteiger partial charge < -0.3 is 5.32 Å². The molecule has 2 heterocycles. The van der Waals surface area contributed by atoms with Crippen LogP contribution in [0.4, 0.5) is 0 Å². The van der Waals surface area contributed by atoms with Crippen LogP contribution in [0.5, 0.6) is 0 Å². The summed E-state index contributed by atoms with van der Waals surface area (Å²) in [6.45, 7) is 11.1. The van der Waals surface area contributed by atoms with Crippen LogP contribution >= 0.6 is 0 Å². The second-order valence-electron chi connectivity index (χ2n) is 7.24. The standard InChI is InChI=1S/C15H31N3O2S/c1-4-16-12-14-6-5-9-18(13-14)21(19,20)17-10-7-15(2,3)8-11-17/h14,16H,4-13H2,1-3H3. The topological polar surface area (TPSA) is 52.7 Å². The summed E-state index contributed by atoms with van der Waals surface area (Å²) < 4.78 is 29.0. The lowest BCUT2D eigenvalue weighted by molar-refractivity contribution is 0.178. The van der Waals surface area contributed by atoms with Crippen molar-refractivity contribution in [3.63, 3.8) is 0 Å². The van der Waals surface area contributed by atoms with Crippen molar-refractivity contribution < 1.29 is 8.42 Å². The highest BCUT2D eigenvalue weighted by Crippen LogP contribution is 2.32. The van der Waals surface area contributed by atoms with Gasteiger partial charge in [-0.15, -0.1) is 0 Å². The Labute approximate surface area is 130 Å². The molecule has 0 aromatic rings. The summed E-state index contributed by atoms with van der Waals surface area (Å²) in [4.78, 5) is 0. The lowest BCUT2D eigenvalue weighted by Crippen LogP contribution is -2.51. The fourth-order valence-corrected chi connectivity index (χ4v) is 4.97. The highest BCUT2D eigenvalue weighted by atomic mass is 32.2. The Hall–Kier alpha value is -0.170. The zero-order valence-corrected chi connectivity index (χ0v) is 14.6. The van der Waals surface area contributed by atoms with Crippen LogP contribution in [0.15, 0.2) is 0 Å². The molecule has 0 aliphatic carbocycles. The van der Waals surface area contributed by atoms with Gasteiger partial charge in [0.25, 0.3) is 10.2 Å². The van der Waals surface area contributed by atoms with E-state index in [1.54, 1.807) is 8.61 Å². The number of rotatable bonds is 5. The van der Waals surface area contributed by atoms with E-state index in [0.29, 0.717) is 32.1 Å². The molecule has 0 aromatic carbocycles. The number of nitrogens with one attached hydrogen (secondary N) is 1. The molecule has 0 amide bonds. The summed E-state index contributed by atoms with van der Waals surface area (Å²) in [7, 11) is -3.25. The molecule has 2 aliphatic rings. The van der Waals surface area contributed by atoms with Gasteiger partial charge in [-0.3, -0.25) is 0 Å². The van der Waals surface area contributed by atoms with Crippen LogP contribution < -0.4 is 5.32 Å². The van der Waals surface area contributed by atoms with Crippen LogP contribution in [0.25, 0.3) is 0 Å². The minimum Gasteiger partial charge on any atom is -0.317 e. The van der Waals surface area contributed by atoms with Crippen LogP contribution in [0.1, 0.15) is 46.5 Å². The Balaban J connectivity index is 1.95. The molecule has 1 atom stereocenters. The summed E-state index contributed by atoms with van der Waals surface area (Å²) in [6.07, 6.45) is 4.03. The molecular weight excluding hydrogens is 286 g/mol. The van der Waals surface area contributed by atoms with Gasteiger partial charge in [0, 0.05) is 26.2 Å². The first kappa shape index (κ1) is 17.2. The van der Waals surface area contributed by atoms with Crippen molar-refractivity contribution in [3.8, 4) is 0 Å². The van der Waals surface area contributed by atoms with Crippen molar-refractivity contribution in [2.24, 2.45) is 11.3 Å². The van der Waals surface area contributed by atoms with Crippen LogP contribution in [0.2, 0.25) is 0 Å². The summed E-state index contributed by atoms with van der Waals surface area (Å²) in [6, 6.07) is 0. The second kappa shape index (κ2) is 6.94. The molecule has 5 nitrogen and oxygen atoms in total. The SMILES string of the molecule is CCNCC1CCCN(S(=O)(=O)N2CCC(C)(C)CC2)C1. The van der Waals surface area contributed by atoms with Gasteiger partial charge in [-0.2, -0.15) is 17.0 Å². The number of hydrogen-bond donors (Lipinski definition) is 1. The van der Waals surface area contributed by atoms with E-state index in [9.17, 15) is 8.42 Å². The van der Waals surface area contributed by atoms with E-state index in [4.69, 9.17) is 0 Å². The van der Waals surface area contributed by atoms with Crippen LogP contribution in [-0.4, -0.2) is 56.3 Å². The number of hydrogen-bond acceptors (Lipinski definition) is 3. The third kappa shape index (κ3) is 4.41. The molecule has 0 bridgehead atoms. The van der Waals surface area contributed by atoms with Crippen molar-refractivity contribution in [1.29, 1.82) is 0 Å². The van der Waals surface area contributed by atoms with Gasteiger partial charge in [0.2, 0.25) is 0 Å². The van der Waals surface area contributed by atoms with Crippen molar-refractivity contribution in [2.75, 3.05) is 39.3 Å². The van der Waals surface area contributed by atoms with E-state index in [2.05, 4.69) is 26.1 Å². The second-order valence-corrected chi connectivity index (χ2v) is 9.17. The van der Waals surface area contributed by atoms with Crippen molar-refractivity contribution >= 4 is 10.2 Å². The predicted octanol–water partition coefficient (Wildman–Crippen LogP) is 1.67. The maximum absolute atomic E-state index is 12.8. The number of piperidine rings is 2. The van der Waals surface area contributed by atoms with Crippen LogP contribution in [0, 0.1) is 11.3 Å². The minimum absolute atomic E-state index is 0.279. The first-order valence-electron chi connectivity index (χ1n) is 8.31. The van der Waals surface area contributed by atoms with Gasteiger partial charge in [0.05, 0.1) is 0 Å². The molecule has 0 radical (unpaired) electrons. The molecule has 0 spiro atoms. The van der Waals surface area contributed by atoms with Crippen molar-refractivity contribution in [2.45, 2.75) is 46.5 Å². The Morgan fingerprint density at radius 1 is 1.14 bits per heavy atom. The Bertz CT molecular complexity index is 426. The largest absolute Gasteiger partial charge is 0.317 e. The van der Waals surface area contributed by atoms with E-state index in [1.165, 1.54) is 0 Å². The molecule has 6 heteroatoms. The maximum atomic E-state index is 12.8. The highest BCUT2D eigenvalue weighted by Gasteiger charge is 2.37. The zero-order valence-electron chi connectivity index (χ0n) is 13.8. The van der Waals surface area contributed by atoms with E-state index in [0.717, 1.165) is 38.8 Å². The highest BCUT2D eigenvalue weighted by molar-refractivity contribution is 7.86. The Kier molecular flexibility index (Phi) is 5.68. The van der Waals surface area contributed by atoms with E-state index >= 15 is 0 Å². The normalized spacial score (nSPS) is 28.6. The molecule has 1 unspecified atom stereocenters. The Morgan fingerprint density at radius 2 is 1.81 bits per heavy atom. The third-order valence-electron chi connectivity index (χ3n) is 4.89. The maximum Gasteiger partial charge on any atom is 0.281 e. The smallest absolute Gasteiger partial charge is 0.281 e. The summed E-state index contributed by atoms with van der Waals surface area (Å²) in [5.41, 5.74) is 0.279. The minimum atomic E-state index is -3.25.